The monoisotopic (exact) mass is 252 g/mol. The van der Waals surface area contributed by atoms with E-state index in [1.165, 1.54) is 42.5 Å². The first-order chi connectivity index (χ1) is 8.20. The normalized spacial score (nSPS) is 19.4. The van der Waals surface area contributed by atoms with Gasteiger partial charge in [-0.25, -0.2) is 0 Å². The van der Waals surface area contributed by atoms with Crippen molar-refractivity contribution in [2.45, 2.75) is 57.5 Å². The highest BCUT2D eigenvalue weighted by Gasteiger charge is 2.26. The van der Waals surface area contributed by atoms with Crippen molar-refractivity contribution in [2.75, 3.05) is 6.54 Å². The quantitative estimate of drug-likeness (QED) is 0.790. The van der Waals surface area contributed by atoms with Gasteiger partial charge in [0, 0.05) is 17.0 Å². The van der Waals surface area contributed by atoms with Gasteiger partial charge in [-0.1, -0.05) is 19.3 Å². The number of hydrogen-bond acceptors (Lipinski definition) is 3. The Morgan fingerprint density at radius 2 is 2.12 bits per heavy atom. The number of hydrogen-bond donors (Lipinski definition) is 2. The zero-order valence-electron chi connectivity index (χ0n) is 10.8. The zero-order valence-corrected chi connectivity index (χ0v) is 11.6. The van der Waals surface area contributed by atoms with Crippen molar-refractivity contribution in [3.8, 4) is 0 Å². The van der Waals surface area contributed by atoms with Gasteiger partial charge in [0.1, 0.15) is 0 Å². The summed E-state index contributed by atoms with van der Waals surface area (Å²) in [5.41, 5.74) is 7.94. The van der Waals surface area contributed by atoms with Crippen LogP contribution >= 0.6 is 11.3 Å². The van der Waals surface area contributed by atoms with Crippen LogP contribution in [0.1, 0.15) is 49.0 Å². The summed E-state index contributed by atoms with van der Waals surface area (Å²) in [6, 6.07) is 2.19. The highest BCUT2D eigenvalue weighted by atomic mass is 32.1. The Bertz CT molecular complexity index is 340. The van der Waals surface area contributed by atoms with E-state index in [9.17, 15) is 0 Å². The number of aryl methyl sites for hydroxylation is 1. The van der Waals surface area contributed by atoms with Crippen molar-refractivity contribution in [3.05, 3.63) is 21.9 Å². The molecule has 96 valence electrons. The van der Waals surface area contributed by atoms with E-state index in [-0.39, 0.29) is 5.54 Å². The second-order valence-corrected chi connectivity index (χ2v) is 6.38. The molecule has 1 aromatic rings. The first kappa shape index (κ1) is 13.1. The summed E-state index contributed by atoms with van der Waals surface area (Å²) in [7, 11) is 0. The van der Waals surface area contributed by atoms with Crippen LogP contribution in [0.5, 0.6) is 0 Å². The highest BCUT2D eigenvalue weighted by Crippen LogP contribution is 2.28. The summed E-state index contributed by atoms with van der Waals surface area (Å²) in [5.74, 6) is 0. The average Bonchev–Trinajstić information content (AvgIpc) is 2.72. The molecule has 0 radical (unpaired) electrons. The van der Waals surface area contributed by atoms with E-state index >= 15 is 0 Å². The number of thiophene rings is 1. The Balaban J connectivity index is 1.67. The summed E-state index contributed by atoms with van der Waals surface area (Å²) in [6.07, 6.45) is 7.57. The van der Waals surface area contributed by atoms with E-state index in [1.807, 2.05) is 11.3 Å². The van der Waals surface area contributed by atoms with Crippen molar-refractivity contribution in [2.24, 2.45) is 5.73 Å². The predicted octanol–water partition coefficient (Wildman–Crippen LogP) is 3.20. The van der Waals surface area contributed by atoms with Crippen LogP contribution in [0.15, 0.2) is 11.4 Å². The fourth-order valence-electron chi connectivity index (χ4n) is 2.63. The van der Waals surface area contributed by atoms with Gasteiger partial charge in [0.2, 0.25) is 0 Å². The molecule has 3 heteroatoms. The molecule has 0 unspecified atom stereocenters. The van der Waals surface area contributed by atoms with E-state index in [1.54, 1.807) is 0 Å². The number of rotatable bonds is 5. The Hall–Kier alpha value is -0.380. The van der Waals surface area contributed by atoms with Crippen LogP contribution in [-0.4, -0.2) is 12.1 Å². The van der Waals surface area contributed by atoms with Gasteiger partial charge in [-0.15, -0.1) is 11.3 Å². The molecular weight excluding hydrogens is 228 g/mol. The van der Waals surface area contributed by atoms with E-state index in [2.05, 4.69) is 23.7 Å². The molecule has 1 fully saturated rings. The van der Waals surface area contributed by atoms with Crippen molar-refractivity contribution in [3.63, 3.8) is 0 Å². The van der Waals surface area contributed by atoms with Gasteiger partial charge in [-0.05, 0) is 49.7 Å². The minimum atomic E-state index is 0.121. The summed E-state index contributed by atoms with van der Waals surface area (Å²) in [6.45, 7) is 4.23. The molecule has 0 saturated heterocycles. The Labute approximate surface area is 109 Å². The van der Waals surface area contributed by atoms with Gasteiger partial charge in [0.05, 0.1) is 0 Å². The van der Waals surface area contributed by atoms with E-state index in [0.717, 1.165) is 19.5 Å². The molecule has 0 amide bonds. The van der Waals surface area contributed by atoms with Crippen LogP contribution in [0, 0.1) is 6.92 Å². The van der Waals surface area contributed by atoms with Gasteiger partial charge in [0.15, 0.2) is 0 Å². The van der Waals surface area contributed by atoms with Gasteiger partial charge >= 0.3 is 0 Å². The third-order valence-corrected chi connectivity index (χ3v) is 4.93. The third-order valence-electron chi connectivity index (χ3n) is 3.90. The van der Waals surface area contributed by atoms with Gasteiger partial charge in [0.25, 0.3) is 0 Å². The number of nitrogens with one attached hydrogen (secondary N) is 1. The zero-order chi connectivity index (χ0) is 12.1. The molecule has 0 atom stereocenters. The van der Waals surface area contributed by atoms with Crippen LogP contribution in [0.4, 0.5) is 0 Å². The maximum Gasteiger partial charge on any atom is 0.0302 e. The van der Waals surface area contributed by atoms with Crippen LogP contribution in [0.3, 0.4) is 0 Å². The summed E-state index contributed by atoms with van der Waals surface area (Å²) < 4.78 is 0. The lowest BCUT2D eigenvalue weighted by Gasteiger charge is -2.33. The molecule has 1 aromatic heterocycles. The van der Waals surface area contributed by atoms with E-state index < -0.39 is 0 Å². The molecule has 1 saturated carbocycles. The fourth-order valence-corrected chi connectivity index (χ4v) is 3.51. The first-order valence-corrected chi connectivity index (χ1v) is 7.60. The lowest BCUT2D eigenvalue weighted by atomic mass is 9.80. The maximum absolute atomic E-state index is 6.41. The first-order valence-electron chi connectivity index (χ1n) is 6.72. The third kappa shape index (κ3) is 3.80. The topological polar surface area (TPSA) is 38.0 Å². The van der Waals surface area contributed by atoms with Crippen molar-refractivity contribution >= 4 is 11.3 Å². The van der Waals surface area contributed by atoms with Crippen molar-refractivity contribution in [1.82, 2.24) is 5.32 Å². The van der Waals surface area contributed by atoms with Crippen molar-refractivity contribution in [1.29, 1.82) is 0 Å². The van der Waals surface area contributed by atoms with Crippen LogP contribution in [0.25, 0.3) is 0 Å². The SMILES string of the molecule is Cc1ccsc1CNCCC1(N)CCCCC1. The van der Waals surface area contributed by atoms with E-state index in [0.29, 0.717) is 0 Å². The Kier molecular flexibility index (Phi) is 4.60. The second-order valence-electron chi connectivity index (χ2n) is 5.38. The molecule has 1 aliphatic carbocycles. The molecule has 0 aliphatic heterocycles. The minimum Gasteiger partial charge on any atom is -0.325 e. The average molecular weight is 252 g/mol. The Morgan fingerprint density at radius 3 is 2.76 bits per heavy atom. The predicted molar refractivity (Wildman–Crippen MR) is 75.4 cm³/mol. The molecule has 1 heterocycles. The molecule has 2 rings (SSSR count). The molecule has 0 bridgehead atoms. The smallest absolute Gasteiger partial charge is 0.0302 e. The minimum absolute atomic E-state index is 0.121. The van der Waals surface area contributed by atoms with Gasteiger partial charge < -0.3 is 11.1 Å². The molecule has 0 spiro atoms. The molecular formula is C14H24N2S. The van der Waals surface area contributed by atoms with Crippen molar-refractivity contribution < 1.29 is 0 Å². The molecule has 2 nitrogen and oxygen atoms in total. The van der Waals surface area contributed by atoms with E-state index in [4.69, 9.17) is 5.73 Å². The Morgan fingerprint density at radius 1 is 1.35 bits per heavy atom. The molecule has 0 aromatic carbocycles. The maximum atomic E-state index is 6.41. The number of nitrogens with two attached hydrogens (primary N) is 1. The lowest BCUT2D eigenvalue weighted by molar-refractivity contribution is 0.275. The van der Waals surface area contributed by atoms with Crippen LogP contribution < -0.4 is 11.1 Å². The molecule has 17 heavy (non-hydrogen) atoms. The van der Waals surface area contributed by atoms with Gasteiger partial charge in [-0.3, -0.25) is 0 Å². The standard InChI is InChI=1S/C14H24N2S/c1-12-5-10-17-13(12)11-16-9-8-14(15)6-3-2-4-7-14/h5,10,16H,2-4,6-9,11,15H2,1H3. The van der Waals surface area contributed by atoms with Crippen LogP contribution in [-0.2, 0) is 6.54 Å². The fraction of sp³-hybridized carbons (Fsp3) is 0.714. The molecule has 1 aliphatic rings. The second kappa shape index (κ2) is 5.98. The summed E-state index contributed by atoms with van der Waals surface area (Å²) >= 11 is 1.84. The highest BCUT2D eigenvalue weighted by molar-refractivity contribution is 7.10. The lowest BCUT2D eigenvalue weighted by Crippen LogP contribution is -2.43. The molecule has 3 N–H and O–H groups in total. The summed E-state index contributed by atoms with van der Waals surface area (Å²) in [5, 5.41) is 5.70. The van der Waals surface area contributed by atoms with Crippen LogP contribution in [0.2, 0.25) is 0 Å². The summed E-state index contributed by atoms with van der Waals surface area (Å²) in [4.78, 5) is 1.46. The van der Waals surface area contributed by atoms with Gasteiger partial charge in [-0.2, -0.15) is 0 Å². The largest absolute Gasteiger partial charge is 0.325 e.